The van der Waals surface area contributed by atoms with E-state index in [4.69, 9.17) is 0 Å². The highest BCUT2D eigenvalue weighted by Crippen LogP contribution is 2.18. The lowest BCUT2D eigenvalue weighted by atomic mass is 10.0. The first-order valence-corrected chi connectivity index (χ1v) is 8.73. The van der Waals surface area contributed by atoms with Crippen LogP contribution in [0.4, 0.5) is 0 Å². The third kappa shape index (κ3) is 3.97. The van der Waals surface area contributed by atoms with Gasteiger partial charge < -0.3 is 5.32 Å². The van der Waals surface area contributed by atoms with Gasteiger partial charge in [-0.2, -0.15) is 0 Å². The van der Waals surface area contributed by atoms with Crippen LogP contribution in [0.1, 0.15) is 34.5 Å². The summed E-state index contributed by atoms with van der Waals surface area (Å²) in [6.45, 7) is 3.88. The second kappa shape index (κ2) is 6.93. The summed E-state index contributed by atoms with van der Waals surface area (Å²) in [7, 11) is -2.24. The Morgan fingerprint density at radius 1 is 1.09 bits per heavy atom. The molecule has 6 heteroatoms. The molecule has 0 saturated heterocycles. The van der Waals surface area contributed by atoms with Crippen molar-refractivity contribution in [3.8, 4) is 0 Å². The molecule has 0 bridgehead atoms. The lowest BCUT2D eigenvalue weighted by Gasteiger charge is -2.17. The molecule has 0 aromatic heterocycles. The van der Waals surface area contributed by atoms with Gasteiger partial charge in [0.05, 0.1) is 10.9 Å². The van der Waals surface area contributed by atoms with Crippen molar-refractivity contribution in [2.75, 3.05) is 7.05 Å². The summed E-state index contributed by atoms with van der Waals surface area (Å²) in [6.07, 6.45) is 0. The predicted octanol–water partition coefficient (Wildman–Crippen LogP) is 2.39. The Kier molecular flexibility index (Phi) is 5.18. The van der Waals surface area contributed by atoms with Crippen LogP contribution in [0.3, 0.4) is 0 Å². The largest absolute Gasteiger partial charge is 0.346 e. The maximum Gasteiger partial charge on any atom is 0.251 e. The summed E-state index contributed by atoms with van der Waals surface area (Å²) >= 11 is 0. The van der Waals surface area contributed by atoms with Gasteiger partial charge in [-0.15, -0.1) is 0 Å². The van der Waals surface area contributed by atoms with Crippen LogP contribution in [-0.4, -0.2) is 21.4 Å². The molecule has 0 aliphatic carbocycles. The topological polar surface area (TPSA) is 75.3 Å². The van der Waals surface area contributed by atoms with Gasteiger partial charge in [0, 0.05) is 5.56 Å². The highest BCUT2D eigenvalue weighted by molar-refractivity contribution is 7.89. The van der Waals surface area contributed by atoms with Gasteiger partial charge >= 0.3 is 0 Å². The SMILES string of the molecule is CNS(=O)(=O)c1cccc(C(=O)N[C@@H](C)c2ccccc2C)c1. The number of carbonyl (C=O) groups excluding carboxylic acids is 1. The second-order valence-corrected chi connectivity index (χ2v) is 7.17. The van der Waals surface area contributed by atoms with E-state index in [0.29, 0.717) is 5.56 Å². The van der Waals surface area contributed by atoms with E-state index >= 15 is 0 Å². The molecule has 0 aliphatic heterocycles. The van der Waals surface area contributed by atoms with E-state index < -0.39 is 10.0 Å². The van der Waals surface area contributed by atoms with E-state index in [1.807, 2.05) is 38.1 Å². The van der Waals surface area contributed by atoms with Crippen molar-refractivity contribution in [1.82, 2.24) is 10.0 Å². The van der Waals surface area contributed by atoms with Gasteiger partial charge in [-0.3, -0.25) is 4.79 Å². The zero-order valence-corrected chi connectivity index (χ0v) is 14.1. The molecule has 0 heterocycles. The molecule has 2 rings (SSSR count). The molecule has 0 unspecified atom stereocenters. The molecule has 2 N–H and O–H groups in total. The van der Waals surface area contributed by atoms with Gasteiger partial charge in [0.15, 0.2) is 0 Å². The number of sulfonamides is 1. The number of carbonyl (C=O) groups is 1. The molecular weight excluding hydrogens is 312 g/mol. The summed E-state index contributed by atoms with van der Waals surface area (Å²) in [6, 6.07) is 13.6. The molecule has 0 aliphatic rings. The lowest BCUT2D eigenvalue weighted by molar-refractivity contribution is 0.0939. The molecule has 0 fully saturated rings. The normalized spacial score (nSPS) is 12.7. The van der Waals surface area contributed by atoms with Crippen molar-refractivity contribution in [3.05, 3.63) is 65.2 Å². The molecule has 2 aromatic rings. The molecule has 23 heavy (non-hydrogen) atoms. The fourth-order valence-electron chi connectivity index (χ4n) is 2.35. The molecule has 2 aromatic carbocycles. The van der Waals surface area contributed by atoms with Gasteiger partial charge in [-0.05, 0) is 50.2 Å². The first-order valence-electron chi connectivity index (χ1n) is 7.25. The van der Waals surface area contributed by atoms with Gasteiger partial charge in [0.1, 0.15) is 0 Å². The summed E-state index contributed by atoms with van der Waals surface area (Å²) in [5.41, 5.74) is 2.42. The average molecular weight is 332 g/mol. The van der Waals surface area contributed by atoms with Crippen molar-refractivity contribution in [2.24, 2.45) is 0 Å². The van der Waals surface area contributed by atoms with E-state index in [9.17, 15) is 13.2 Å². The number of hydrogen-bond donors (Lipinski definition) is 2. The van der Waals surface area contributed by atoms with Crippen molar-refractivity contribution in [2.45, 2.75) is 24.8 Å². The van der Waals surface area contributed by atoms with E-state index in [-0.39, 0.29) is 16.8 Å². The molecular formula is C17H20N2O3S. The Balaban J connectivity index is 2.22. The third-order valence-corrected chi connectivity index (χ3v) is 5.09. The highest BCUT2D eigenvalue weighted by Gasteiger charge is 2.16. The minimum atomic E-state index is -3.57. The Morgan fingerprint density at radius 2 is 1.78 bits per heavy atom. The molecule has 0 spiro atoms. The minimum absolute atomic E-state index is 0.0659. The number of amides is 1. The third-order valence-electron chi connectivity index (χ3n) is 3.68. The maximum atomic E-state index is 12.4. The quantitative estimate of drug-likeness (QED) is 0.883. The summed E-state index contributed by atoms with van der Waals surface area (Å²) in [5.74, 6) is -0.311. The van der Waals surface area contributed by atoms with Crippen molar-refractivity contribution < 1.29 is 13.2 Å². The number of benzene rings is 2. The first-order chi connectivity index (χ1) is 10.8. The Bertz CT molecular complexity index is 816. The maximum absolute atomic E-state index is 12.4. The van der Waals surface area contributed by atoms with Crippen LogP contribution in [0.15, 0.2) is 53.4 Å². The standard InChI is InChI=1S/C17H20N2O3S/c1-12-7-4-5-10-16(12)13(2)19-17(20)14-8-6-9-15(11-14)23(21,22)18-3/h4-11,13,18H,1-3H3,(H,19,20)/t13-/m0/s1. The van der Waals surface area contributed by atoms with E-state index in [1.54, 1.807) is 12.1 Å². The number of nitrogens with one attached hydrogen (secondary N) is 2. The van der Waals surface area contributed by atoms with Gasteiger partial charge in [-0.1, -0.05) is 30.3 Å². The van der Waals surface area contributed by atoms with Crippen molar-refractivity contribution in [1.29, 1.82) is 0 Å². The fourth-order valence-corrected chi connectivity index (χ4v) is 3.13. The smallest absolute Gasteiger partial charge is 0.251 e. The van der Waals surface area contributed by atoms with Crippen LogP contribution >= 0.6 is 0 Å². The molecule has 0 saturated carbocycles. The second-order valence-electron chi connectivity index (χ2n) is 5.29. The first kappa shape index (κ1) is 17.2. The molecule has 1 atom stereocenters. The van der Waals surface area contributed by atoms with Crippen LogP contribution in [0, 0.1) is 6.92 Å². The zero-order valence-electron chi connectivity index (χ0n) is 13.3. The number of hydrogen-bond acceptors (Lipinski definition) is 3. The summed E-state index contributed by atoms with van der Waals surface area (Å²) in [4.78, 5) is 12.4. The summed E-state index contributed by atoms with van der Waals surface area (Å²) in [5, 5.41) is 2.90. The fraction of sp³-hybridized carbons (Fsp3) is 0.235. The van der Waals surface area contributed by atoms with Crippen LogP contribution in [0.25, 0.3) is 0 Å². The van der Waals surface area contributed by atoms with E-state index in [1.165, 1.54) is 19.2 Å². The predicted molar refractivity (Wildman–Crippen MR) is 89.7 cm³/mol. The minimum Gasteiger partial charge on any atom is -0.346 e. The lowest BCUT2D eigenvalue weighted by Crippen LogP contribution is -2.27. The van der Waals surface area contributed by atoms with Crippen LogP contribution < -0.4 is 10.0 Å². The van der Waals surface area contributed by atoms with E-state index in [2.05, 4.69) is 10.0 Å². The Morgan fingerprint density at radius 3 is 2.43 bits per heavy atom. The average Bonchev–Trinajstić information content (AvgIpc) is 2.55. The zero-order chi connectivity index (χ0) is 17.0. The van der Waals surface area contributed by atoms with Crippen molar-refractivity contribution >= 4 is 15.9 Å². The van der Waals surface area contributed by atoms with Gasteiger partial charge in [-0.25, -0.2) is 13.1 Å². The number of aryl methyl sites for hydroxylation is 1. The Hall–Kier alpha value is -2.18. The highest BCUT2D eigenvalue weighted by atomic mass is 32.2. The number of rotatable bonds is 5. The van der Waals surface area contributed by atoms with Gasteiger partial charge in [0.2, 0.25) is 10.0 Å². The molecule has 122 valence electrons. The molecule has 5 nitrogen and oxygen atoms in total. The van der Waals surface area contributed by atoms with Gasteiger partial charge in [0.25, 0.3) is 5.91 Å². The van der Waals surface area contributed by atoms with E-state index in [0.717, 1.165) is 11.1 Å². The summed E-state index contributed by atoms with van der Waals surface area (Å²) < 4.78 is 25.9. The van der Waals surface area contributed by atoms with Crippen LogP contribution in [0.5, 0.6) is 0 Å². The monoisotopic (exact) mass is 332 g/mol. The van der Waals surface area contributed by atoms with Crippen molar-refractivity contribution in [3.63, 3.8) is 0 Å². The molecule has 1 amide bonds. The Labute approximate surface area is 136 Å². The van der Waals surface area contributed by atoms with Crippen LogP contribution in [-0.2, 0) is 10.0 Å². The molecule has 0 radical (unpaired) electrons. The van der Waals surface area contributed by atoms with Crippen LogP contribution in [0.2, 0.25) is 0 Å².